The van der Waals surface area contributed by atoms with Gasteiger partial charge in [-0.15, -0.1) is 0 Å². The first-order chi connectivity index (χ1) is 8.67. The van der Waals surface area contributed by atoms with Crippen molar-refractivity contribution >= 4 is 5.78 Å². The molecule has 19 heavy (non-hydrogen) atoms. The van der Waals surface area contributed by atoms with Gasteiger partial charge >= 0.3 is 6.18 Å². The molecule has 1 heterocycles. The molecule has 1 saturated carbocycles. The van der Waals surface area contributed by atoms with E-state index in [0.717, 1.165) is 0 Å². The SMILES string of the molecule is O=C(Cc1nc(C2CCC(F)(F)C2)no1)C(F)(F)F. The summed E-state index contributed by atoms with van der Waals surface area (Å²) in [6.45, 7) is 0. The largest absolute Gasteiger partial charge is 0.450 e. The predicted molar refractivity (Wildman–Crippen MR) is 50.6 cm³/mol. The van der Waals surface area contributed by atoms with Gasteiger partial charge in [-0.1, -0.05) is 5.16 Å². The van der Waals surface area contributed by atoms with Gasteiger partial charge in [-0.25, -0.2) is 8.78 Å². The van der Waals surface area contributed by atoms with E-state index in [9.17, 15) is 26.7 Å². The number of carbonyl (C=O) groups is 1. The van der Waals surface area contributed by atoms with E-state index in [4.69, 9.17) is 0 Å². The van der Waals surface area contributed by atoms with Crippen LogP contribution in [0.15, 0.2) is 4.52 Å². The molecule has 0 aliphatic heterocycles. The van der Waals surface area contributed by atoms with Crippen molar-refractivity contribution in [1.82, 2.24) is 10.1 Å². The molecule has 106 valence electrons. The lowest BCUT2D eigenvalue weighted by Gasteiger charge is -2.06. The molecule has 1 aliphatic rings. The quantitative estimate of drug-likeness (QED) is 0.801. The average molecular weight is 284 g/mol. The minimum Gasteiger partial charge on any atom is -0.339 e. The van der Waals surface area contributed by atoms with E-state index >= 15 is 0 Å². The van der Waals surface area contributed by atoms with Crippen LogP contribution in [0.5, 0.6) is 0 Å². The van der Waals surface area contributed by atoms with E-state index in [-0.39, 0.29) is 18.7 Å². The van der Waals surface area contributed by atoms with Crippen LogP contribution in [0, 0.1) is 0 Å². The minimum atomic E-state index is -4.98. The number of ketones is 1. The lowest BCUT2D eigenvalue weighted by Crippen LogP contribution is -2.24. The van der Waals surface area contributed by atoms with E-state index in [1.54, 1.807) is 0 Å². The van der Waals surface area contributed by atoms with Gasteiger partial charge in [-0.05, 0) is 6.42 Å². The van der Waals surface area contributed by atoms with Gasteiger partial charge in [0.1, 0.15) is 0 Å². The number of alkyl halides is 5. The number of hydrogen-bond acceptors (Lipinski definition) is 4. The van der Waals surface area contributed by atoms with Crippen LogP contribution >= 0.6 is 0 Å². The van der Waals surface area contributed by atoms with Crippen molar-refractivity contribution < 1.29 is 31.3 Å². The third kappa shape index (κ3) is 3.27. The Hall–Kier alpha value is -1.54. The molecule has 0 radical (unpaired) electrons. The summed E-state index contributed by atoms with van der Waals surface area (Å²) in [6.07, 6.45) is -6.68. The Bertz CT molecular complexity index is 483. The van der Waals surface area contributed by atoms with Crippen LogP contribution in [0.2, 0.25) is 0 Å². The molecule has 0 aromatic carbocycles. The van der Waals surface area contributed by atoms with Gasteiger partial charge in [0, 0.05) is 18.8 Å². The number of carbonyl (C=O) groups excluding carboxylic acids is 1. The van der Waals surface area contributed by atoms with Crippen molar-refractivity contribution in [1.29, 1.82) is 0 Å². The summed E-state index contributed by atoms with van der Waals surface area (Å²) in [6, 6.07) is 0. The number of nitrogens with zero attached hydrogens (tertiary/aromatic N) is 2. The molecule has 1 fully saturated rings. The summed E-state index contributed by atoms with van der Waals surface area (Å²) in [4.78, 5) is 14.3. The first-order valence-corrected chi connectivity index (χ1v) is 5.48. The average Bonchev–Trinajstić information content (AvgIpc) is 2.83. The van der Waals surface area contributed by atoms with E-state index in [1.165, 1.54) is 0 Å². The summed E-state index contributed by atoms with van der Waals surface area (Å²) in [5, 5.41) is 3.36. The van der Waals surface area contributed by atoms with Gasteiger partial charge < -0.3 is 4.52 Å². The molecular formula is C10H9F5N2O2. The normalized spacial score (nSPS) is 22.7. The van der Waals surface area contributed by atoms with Gasteiger partial charge in [0.2, 0.25) is 17.6 Å². The smallest absolute Gasteiger partial charge is 0.339 e. The molecule has 0 spiro atoms. The monoisotopic (exact) mass is 284 g/mol. The van der Waals surface area contributed by atoms with Gasteiger partial charge in [-0.3, -0.25) is 4.79 Å². The van der Waals surface area contributed by atoms with E-state index < -0.39 is 42.5 Å². The highest BCUT2D eigenvalue weighted by atomic mass is 19.4. The maximum atomic E-state index is 13.0. The first kappa shape index (κ1) is 13.9. The zero-order valence-corrected chi connectivity index (χ0v) is 9.51. The summed E-state index contributed by atoms with van der Waals surface area (Å²) in [5.41, 5.74) is 0. The molecule has 9 heteroatoms. The van der Waals surface area contributed by atoms with Gasteiger partial charge in [-0.2, -0.15) is 18.2 Å². The second-order valence-corrected chi connectivity index (χ2v) is 4.44. The molecule has 1 aromatic heterocycles. The lowest BCUT2D eigenvalue weighted by molar-refractivity contribution is -0.170. The Balaban J connectivity index is 2.02. The molecule has 0 saturated heterocycles. The zero-order valence-electron chi connectivity index (χ0n) is 9.51. The highest BCUT2D eigenvalue weighted by Gasteiger charge is 2.42. The van der Waals surface area contributed by atoms with E-state index in [2.05, 4.69) is 14.7 Å². The van der Waals surface area contributed by atoms with Gasteiger partial charge in [0.05, 0.1) is 6.42 Å². The Morgan fingerprint density at radius 3 is 2.63 bits per heavy atom. The van der Waals surface area contributed by atoms with Crippen molar-refractivity contribution in [3.05, 3.63) is 11.7 Å². The van der Waals surface area contributed by atoms with Crippen LogP contribution in [-0.2, 0) is 11.2 Å². The number of aromatic nitrogens is 2. The number of Topliss-reactive ketones (excluding diaryl/α,β-unsaturated/α-hetero) is 1. The molecule has 1 aliphatic carbocycles. The van der Waals surface area contributed by atoms with Crippen molar-refractivity contribution in [2.45, 2.75) is 43.7 Å². The highest BCUT2D eigenvalue weighted by Crippen LogP contribution is 2.43. The molecular weight excluding hydrogens is 275 g/mol. The van der Waals surface area contributed by atoms with Crippen LogP contribution in [-0.4, -0.2) is 28.0 Å². The lowest BCUT2D eigenvalue weighted by atomic mass is 10.1. The maximum Gasteiger partial charge on any atom is 0.450 e. The fraction of sp³-hybridized carbons (Fsp3) is 0.700. The zero-order chi connectivity index (χ0) is 14.3. The Labute approximate surface area is 104 Å². The minimum absolute atomic E-state index is 0.0675. The van der Waals surface area contributed by atoms with Crippen LogP contribution in [0.25, 0.3) is 0 Å². The van der Waals surface area contributed by atoms with Crippen LogP contribution in [0.3, 0.4) is 0 Å². The summed E-state index contributed by atoms with van der Waals surface area (Å²) < 4.78 is 66.4. The number of rotatable bonds is 3. The molecule has 0 amide bonds. The molecule has 0 bridgehead atoms. The molecule has 1 unspecified atom stereocenters. The van der Waals surface area contributed by atoms with Crippen molar-refractivity contribution in [3.63, 3.8) is 0 Å². The third-order valence-electron chi connectivity index (χ3n) is 2.88. The van der Waals surface area contributed by atoms with E-state index in [1.807, 2.05) is 0 Å². The van der Waals surface area contributed by atoms with Crippen molar-refractivity contribution in [3.8, 4) is 0 Å². The molecule has 1 atom stereocenters. The fourth-order valence-electron chi connectivity index (χ4n) is 1.91. The van der Waals surface area contributed by atoms with E-state index in [0.29, 0.717) is 0 Å². The Morgan fingerprint density at radius 1 is 1.42 bits per heavy atom. The van der Waals surface area contributed by atoms with Crippen LogP contribution in [0.4, 0.5) is 22.0 Å². The Kier molecular flexibility index (Phi) is 3.31. The molecule has 2 rings (SSSR count). The summed E-state index contributed by atoms with van der Waals surface area (Å²) in [5.74, 6) is -6.05. The summed E-state index contributed by atoms with van der Waals surface area (Å²) >= 11 is 0. The molecule has 1 aromatic rings. The summed E-state index contributed by atoms with van der Waals surface area (Å²) in [7, 11) is 0. The van der Waals surface area contributed by atoms with Crippen molar-refractivity contribution in [2.24, 2.45) is 0 Å². The second kappa shape index (κ2) is 4.53. The van der Waals surface area contributed by atoms with Crippen molar-refractivity contribution in [2.75, 3.05) is 0 Å². The predicted octanol–water partition coefficient (Wildman–Crippen LogP) is 2.65. The van der Waals surface area contributed by atoms with Gasteiger partial charge in [0.25, 0.3) is 0 Å². The van der Waals surface area contributed by atoms with Crippen LogP contribution in [0.1, 0.15) is 36.9 Å². The maximum absolute atomic E-state index is 13.0. The number of halogens is 5. The fourth-order valence-corrected chi connectivity index (χ4v) is 1.91. The molecule has 4 nitrogen and oxygen atoms in total. The highest BCUT2D eigenvalue weighted by molar-refractivity contribution is 5.85. The van der Waals surface area contributed by atoms with Crippen LogP contribution < -0.4 is 0 Å². The number of hydrogen-bond donors (Lipinski definition) is 0. The second-order valence-electron chi connectivity index (χ2n) is 4.44. The third-order valence-corrected chi connectivity index (χ3v) is 2.88. The standard InChI is InChI=1S/C10H9F5N2O2/c11-9(12)2-1-5(4-9)8-16-7(19-17-8)3-6(18)10(13,14)15/h5H,1-4H2. The van der Waals surface area contributed by atoms with Gasteiger partial charge in [0.15, 0.2) is 5.82 Å². The first-order valence-electron chi connectivity index (χ1n) is 5.48. The Morgan fingerprint density at radius 2 is 2.11 bits per heavy atom. The topological polar surface area (TPSA) is 56.0 Å². The molecule has 0 N–H and O–H groups in total.